The summed E-state index contributed by atoms with van der Waals surface area (Å²) in [7, 11) is 1.42. The molecule has 0 saturated heterocycles. The van der Waals surface area contributed by atoms with Crippen LogP contribution >= 0.6 is 0 Å². The van der Waals surface area contributed by atoms with E-state index in [1.165, 1.54) is 13.5 Å². The molecule has 3 nitrogen and oxygen atoms in total. The summed E-state index contributed by atoms with van der Waals surface area (Å²) in [4.78, 5) is 11.2. The minimum atomic E-state index is -0.329. The fourth-order valence-corrected chi connectivity index (χ4v) is 2.83. The van der Waals surface area contributed by atoms with Gasteiger partial charge in [0, 0.05) is 5.54 Å². The van der Waals surface area contributed by atoms with Crippen LogP contribution in [0.4, 0.5) is 0 Å². The second kappa shape index (κ2) is 4.30. The Kier molecular flexibility index (Phi) is 3.53. The van der Waals surface area contributed by atoms with Crippen molar-refractivity contribution in [3.8, 4) is 0 Å². The quantitative estimate of drug-likeness (QED) is 0.689. The number of esters is 1. The van der Waals surface area contributed by atoms with Crippen LogP contribution in [0, 0.1) is 11.8 Å². The Morgan fingerprint density at radius 3 is 2.36 bits per heavy atom. The molecule has 14 heavy (non-hydrogen) atoms. The van der Waals surface area contributed by atoms with Crippen LogP contribution in [0.1, 0.15) is 39.5 Å². The molecule has 2 atom stereocenters. The van der Waals surface area contributed by atoms with Crippen molar-refractivity contribution in [3.05, 3.63) is 0 Å². The van der Waals surface area contributed by atoms with Crippen LogP contribution < -0.4 is 5.73 Å². The molecule has 0 bridgehead atoms. The Balaban J connectivity index is 2.58. The second-order valence-corrected chi connectivity index (χ2v) is 4.97. The third kappa shape index (κ3) is 2.98. The lowest BCUT2D eigenvalue weighted by Crippen LogP contribution is -2.47. The van der Waals surface area contributed by atoms with E-state index in [0.29, 0.717) is 18.3 Å². The lowest BCUT2D eigenvalue weighted by Gasteiger charge is -2.39. The highest BCUT2D eigenvalue weighted by atomic mass is 16.5. The minimum absolute atomic E-state index is 0.186. The first-order chi connectivity index (χ1) is 6.45. The van der Waals surface area contributed by atoms with Crippen molar-refractivity contribution in [1.29, 1.82) is 0 Å². The number of methoxy groups -OCH3 is 1. The SMILES string of the molecule is COC(=O)CC1(N)CC(C)CC(C)C1. The average molecular weight is 199 g/mol. The zero-order chi connectivity index (χ0) is 10.8. The lowest BCUT2D eigenvalue weighted by atomic mass is 9.71. The van der Waals surface area contributed by atoms with Gasteiger partial charge in [0.1, 0.15) is 0 Å². The maximum Gasteiger partial charge on any atom is 0.307 e. The molecule has 2 N–H and O–H groups in total. The van der Waals surface area contributed by atoms with Gasteiger partial charge >= 0.3 is 5.97 Å². The molecule has 0 spiro atoms. The number of hydrogen-bond acceptors (Lipinski definition) is 3. The summed E-state index contributed by atoms with van der Waals surface area (Å²) in [6, 6.07) is 0. The number of rotatable bonds is 2. The fourth-order valence-electron chi connectivity index (χ4n) is 2.83. The molecular formula is C11H21NO2. The van der Waals surface area contributed by atoms with Crippen molar-refractivity contribution in [2.24, 2.45) is 17.6 Å². The third-order valence-electron chi connectivity index (χ3n) is 3.04. The maximum atomic E-state index is 11.2. The van der Waals surface area contributed by atoms with Crippen molar-refractivity contribution in [2.45, 2.75) is 45.1 Å². The molecule has 0 heterocycles. The Labute approximate surface area is 86.0 Å². The van der Waals surface area contributed by atoms with E-state index in [1.807, 2.05) is 0 Å². The zero-order valence-corrected chi connectivity index (χ0v) is 9.38. The van der Waals surface area contributed by atoms with Gasteiger partial charge in [-0.1, -0.05) is 13.8 Å². The Morgan fingerprint density at radius 1 is 1.43 bits per heavy atom. The predicted octanol–water partition coefficient (Wildman–Crippen LogP) is 1.70. The van der Waals surface area contributed by atoms with Crippen LogP contribution in [0.2, 0.25) is 0 Å². The highest BCUT2D eigenvalue weighted by Crippen LogP contribution is 2.36. The molecule has 0 aromatic carbocycles. The van der Waals surface area contributed by atoms with Crippen LogP contribution in [0.15, 0.2) is 0 Å². The first-order valence-electron chi connectivity index (χ1n) is 5.31. The lowest BCUT2D eigenvalue weighted by molar-refractivity contribution is -0.142. The average Bonchev–Trinajstić information content (AvgIpc) is 2.00. The normalized spacial score (nSPS) is 38.0. The van der Waals surface area contributed by atoms with E-state index < -0.39 is 0 Å². The number of nitrogens with two attached hydrogens (primary N) is 1. The largest absolute Gasteiger partial charge is 0.469 e. The van der Waals surface area contributed by atoms with E-state index in [4.69, 9.17) is 5.73 Å². The summed E-state index contributed by atoms with van der Waals surface area (Å²) in [5.74, 6) is 1.05. The summed E-state index contributed by atoms with van der Waals surface area (Å²) in [5.41, 5.74) is 5.89. The van der Waals surface area contributed by atoms with Crippen LogP contribution in [-0.2, 0) is 9.53 Å². The maximum absolute atomic E-state index is 11.2. The molecule has 82 valence electrons. The van der Waals surface area contributed by atoms with Gasteiger partial charge in [-0.25, -0.2) is 0 Å². The first kappa shape index (κ1) is 11.5. The van der Waals surface area contributed by atoms with Gasteiger partial charge in [0.05, 0.1) is 13.5 Å². The predicted molar refractivity (Wildman–Crippen MR) is 55.7 cm³/mol. The standard InChI is InChI=1S/C11H21NO2/c1-8-4-9(2)6-11(12,5-8)7-10(13)14-3/h8-9H,4-7,12H2,1-3H3. The number of hydrogen-bond donors (Lipinski definition) is 1. The van der Waals surface area contributed by atoms with E-state index in [2.05, 4.69) is 18.6 Å². The summed E-state index contributed by atoms with van der Waals surface area (Å²) < 4.78 is 4.67. The Bertz CT molecular complexity index is 205. The van der Waals surface area contributed by atoms with Crippen molar-refractivity contribution in [3.63, 3.8) is 0 Å². The first-order valence-corrected chi connectivity index (χ1v) is 5.31. The Hall–Kier alpha value is -0.570. The van der Waals surface area contributed by atoms with Gasteiger partial charge in [-0.3, -0.25) is 4.79 Å². The number of carbonyl (C=O) groups is 1. The van der Waals surface area contributed by atoms with Gasteiger partial charge in [0.25, 0.3) is 0 Å². The molecule has 0 aliphatic heterocycles. The van der Waals surface area contributed by atoms with Gasteiger partial charge in [-0.05, 0) is 31.1 Å². The van der Waals surface area contributed by atoms with Crippen LogP contribution in [-0.4, -0.2) is 18.6 Å². The van der Waals surface area contributed by atoms with Crippen molar-refractivity contribution >= 4 is 5.97 Å². The fraction of sp³-hybridized carbons (Fsp3) is 0.909. The monoisotopic (exact) mass is 199 g/mol. The minimum Gasteiger partial charge on any atom is -0.469 e. The molecule has 1 saturated carbocycles. The van der Waals surface area contributed by atoms with Gasteiger partial charge in [-0.15, -0.1) is 0 Å². The van der Waals surface area contributed by atoms with Gasteiger partial charge < -0.3 is 10.5 Å². The molecule has 1 aliphatic rings. The van der Waals surface area contributed by atoms with E-state index in [-0.39, 0.29) is 11.5 Å². The number of ether oxygens (including phenoxy) is 1. The second-order valence-electron chi connectivity index (χ2n) is 4.97. The zero-order valence-electron chi connectivity index (χ0n) is 9.38. The summed E-state index contributed by atoms with van der Waals surface area (Å²) in [6.07, 6.45) is 3.46. The van der Waals surface area contributed by atoms with Crippen molar-refractivity contribution in [1.82, 2.24) is 0 Å². The summed E-state index contributed by atoms with van der Waals surface area (Å²) >= 11 is 0. The van der Waals surface area contributed by atoms with Crippen LogP contribution in [0.3, 0.4) is 0 Å². The molecule has 1 aliphatic carbocycles. The molecule has 0 radical (unpaired) electrons. The molecule has 3 heteroatoms. The van der Waals surface area contributed by atoms with Gasteiger partial charge in [0.15, 0.2) is 0 Å². The molecule has 2 unspecified atom stereocenters. The smallest absolute Gasteiger partial charge is 0.307 e. The topological polar surface area (TPSA) is 52.3 Å². The van der Waals surface area contributed by atoms with E-state index >= 15 is 0 Å². The molecule has 1 fully saturated rings. The van der Waals surface area contributed by atoms with Gasteiger partial charge in [-0.2, -0.15) is 0 Å². The van der Waals surface area contributed by atoms with Crippen LogP contribution in [0.25, 0.3) is 0 Å². The Morgan fingerprint density at radius 2 is 1.93 bits per heavy atom. The van der Waals surface area contributed by atoms with Gasteiger partial charge in [0.2, 0.25) is 0 Å². The number of carbonyl (C=O) groups excluding carboxylic acids is 1. The molecule has 0 aromatic rings. The molecule has 0 amide bonds. The van der Waals surface area contributed by atoms with E-state index in [9.17, 15) is 4.79 Å². The highest BCUT2D eigenvalue weighted by Gasteiger charge is 2.36. The molecule has 1 rings (SSSR count). The molecule has 0 aromatic heterocycles. The van der Waals surface area contributed by atoms with E-state index in [0.717, 1.165) is 12.8 Å². The summed E-state index contributed by atoms with van der Waals surface area (Å²) in [6.45, 7) is 4.41. The van der Waals surface area contributed by atoms with Crippen molar-refractivity contribution in [2.75, 3.05) is 7.11 Å². The van der Waals surface area contributed by atoms with E-state index in [1.54, 1.807) is 0 Å². The summed E-state index contributed by atoms with van der Waals surface area (Å²) in [5, 5.41) is 0. The third-order valence-corrected chi connectivity index (χ3v) is 3.04. The highest BCUT2D eigenvalue weighted by molar-refractivity contribution is 5.70. The van der Waals surface area contributed by atoms with Crippen molar-refractivity contribution < 1.29 is 9.53 Å². The molecular weight excluding hydrogens is 178 g/mol. The van der Waals surface area contributed by atoms with Crippen LogP contribution in [0.5, 0.6) is 0 Å².